The first-order chi connectivity index (χ1) is 9.85. The minimum Gasteiger partial charge on any atom is -0.454 e. The number of rotatable bonds is 5. The monoisotopic (exact) mass is 272 g/mol. The van der Waals surface area contributed by atoms with Crippen molar-refractivity contribution in [1.82, 2.24) is 4.98 Å². The summed E-state index contributed by atoms with van der Waals surface area (Å²) in [5.41, 5.74) is 0. The maximum Gasteiger partial charge on any atom is 0.231 e. The first-order valence-corrected chi connectivity index (χ1v) is 6.63. The number of hydrogen-bond donors (Lipinski definition) is 1. The van der Waals surface area contributed by atoms with Crippen molar-refractivity contribution in [3.05, 3.63) is 36.4 Å². The number of hydrogen-bond acceptors (Lipinski definition) is 5. The van der Waals surface area contributed by atoms with Gasteiger partial charge in [0.15, 0.2) is 11.5 Å². The molecule has 0 saturated carbocycles. The lowest BCUT2D eigenvalue weighted by molar-refractivity contribution is 0.174. The van der Waals surface area contributed by atoms with Gasteiger partial charge in [-0.05, 0) is 24.6 Å². The molecule has 5 heteroatoms. The van der Waals surface area contributed by atoms with Crippen LogP contribution in [-0.2, 0) is 0 Å². The highest BCUT2D eigenvalue weighted by molar-refractivity contribution is 5.48. The van der Waals surface area contributed by atoms with Gasteiger partial charge in [-0.15, -0.1) is 0 Å². The predicted octanol–water partition coefficient (Wildman–Crippen LogP) is 3.42. The number of benzene rings is 1. The molecule has 0 atom stereocenters. The molecule has 1 aromatic heterocycles. The second-order valence-corrected chi connectivity index (χ2v) is 4.40. The van der Waals surface area contributed by atoms with Gasteiger partial charge in [0.1, 0.15) is 11.6 Å². The lowest BCUT2D eigenvalue weighted by atomic mass is 10.3. The summed E-state index contributed by atoms with van der Waals surface area (Å²) in [6.07, 6.45) is 1.05. The Hall–Kier alpha value is -2.43. The van der Waals surface area contributed by atoms with E-state index in [1.807, 2.05) is 30.3 Å². The van der Waals surface area contributed by atoms with Crippen molar-refractivity contribution in [2.75, 3.05) is 18.7 Å². The van der Waals surface area contributed by atoms with E-state index in [0.717, 1.165) is 24.5 Å². The first kappa shape index (κ1) is 12.6. The van der Waals surface area contributed by atoms with Gasteiger partial charge in [0.25, 0.3) is 0 Å². The Labute approximate surface area is 117 Å². The Kier molecular flexibility index (Phi) is 3.58. The average molecular weight is 272 g/mol. The first-order valence-electron chi connectivity index (χ1n) is 6.63. The van der Waals surface area contributed by atoms with E-state index >= 15 is 0 Å². The summed E-state index contributed by atoms with van der Waals surface area (Å²) >= 11 is 0. The maximum atomic E-state index is 5.74. The minimum atomic E-state index is 0.257. The van der Waals surface area contributed by atoms with Crippen LogP contribution >= 0.6 is 0 Å². The maximum absolute atomic E-state index is 5.74. The Bertz CT molecular complexity index is 601. The number of anilines is 1. The van der Waals surface area contributed by atoms with Gasteiger partial charge in [-0.3, -0.25) is 0 Å². The molecule has 0 spiro atoms. The van der Waals surface area contributed by atoms with E-state index in [0.29, 0.717) is 17.4 Å². The summed E-state index contributed by atoms with van der Waals surface area (Å²) in [7, 11) is 0. The largest absolute Gasteiger partial charge is 0.454 e. The van der Waals surface area contributed by atoms with E-state index in [1.54, 1.807) is 6.07 Å². The van der Waals surface area contributed by atoms with Crippen LogP contribution in [0.25, 0.3) is 0 Å². The molecule has 0 amide bonds. The molecule has 1 aromatic carbocycles. The Balaban J connectivity index is 1.74. The zero-order valence-electron chi connectivity index (χ0n) is 11.3. The van der Waals surface area contributed by atoms with Gasteiger partial charge in [0, 0.05) is 18.7 Å². The molecule has 1 aliphatic heterocycles. The number of fused-ring (bicyclic) bond motifs is 1. The van der Waals surface area contributed by atoms with Crippen molar-refractivity contribution in [3.8, 4) is 23.1 Å². The van der Waals surface area contributed by atoms with E-state index in [4.69, 9.17) is 14.2 Å². The van der Waals surface area contributed by atoms with Crippen molar-refractivity contribution in [2.45, 2.75) is 13.3 Å². The summed E-state index contributed by atoms with van der Waals surface area (Å²) in [4.78, 5) is 4.39. The molecule has 0 fully saturated rings. The zero-order chi connectivity index (χ0) is 13.8. The number of pyridine rings is 1. The molecule has 3 rings (SSSR count). The zero-order valence-corrected chi connectivity index (χ0v) is 11.3. The SMILES string of the molecule is CCCNc1cccc(Oc2ccc3c(c2)OCO3)n1. The van der Waals surface area contributed by atoms with Crippen LogP contribution in [0.5, 0.6) is 23.1 Å². The van der Waals surface area contributed by atoms with Crippen molar-refractivity contribution in [2.24, 2.45) is 0 Å². The lowest BCUT2D eigenvalue weighted by Crippen LogP contribution is -2.02. The van der Waals surface area contributed by atoms with Gasteiger partial charge in [-0.25, -0.2) is 0 Å². The predicted molar refractivity (Wildman–Crippen MR) is 75.7 cm³/mol. The molecular weight excluding hydrogens is 256 g/mol. The molecule has 104 valence electrons. The smallest absolute Gasteiger partial charge is 0.231 e. The van der Waals surface area contributed by atoms with Crippen molar-refractivity contribution in [1.29, 1.82) is 0 Å². The third-order valence-electron chi connectivity index (χ3n) is 2.85. The third-order valence-corrected chi connectivity index (χ3v) is 2.85. The van der Waals surface area contributed by atoms with E-state index in [-0.39, 0.29) is 6.79 Å². The fourth-order valence-corrected chi connectivity index (χ4v) is 1.88. The van der Waals surface area contributed by atoms with Gasteiger partial charge < -0.3 is 19.5 Å². The third kappa shape index (κ3) is 2.77. The van der Waals surface area contributed by atoms with Crippen molar-refractivity contribution < 1.29 is 14.2 Å². The van der Waals surface area contributed by atoms with Crippen LogP contribution in [0.15, 0.2) is 36.4 Å². The molecule has 0 bridgehead atoms. The topological polar surface area (TPSA) is 52.6 Å². The van der Waals surface area contributed by atoms with Gasteiger partial charge in [-0.2, -0.15) is 4.98 Å². The Morgan fingerprint density at radius 1 is 1.20 bits per heavy atom. The highest BCUT2D eigenvalue weighted by Gasteiger charge is 2.14. The molecule has 0 unspecified atom stereocenters. The Morgan fingerprint density at radius 3 is 3.00 bits per heavy atom. The Morgan fingerprint density at radius 2 is 2.10 bits per heavy atom. The van der Waals surface area contributed by atoms with Gasteiger partial charge in [0.05, 0.1) is 0 Å². The molecule has 0 radical (unpaired) electrons. The standard InChI is InChI=1S/C15H16N2O3/c1-2-8-16-14-4-3-5-15(17-14)20-11-6-7-12-13(9-11)19-10-18-12/h3-7,9H,2,8,10H2,1H3,(H,16,17). The lowest BCUT2D eigenvalue weighted by Gasteiger charge is -2.08. The van der Waals surface area contributed by atoms with Crippen LogP contribution in [0.3, 0.4) is 0 Å². The molecule has 2 heterocycles. The van der Waals surface area contributed by atoms with Crippen LogP contribution in [0.4, 0.5) is 5.82 Å². The van der Waals surface area contributed by atoms with E-state index in [1.165, 1.54) is 0 Å². The quantitative estimate of drug-likeness (QED) is 0.903. The summed E-state index contributed by atoms with van der Waals surface area (Å²) < 4.78 is 16.3. The average Bonchev–Trinajstić information content (AvgIpc) is 2.93. The minimum absolute atomic E-state index is 0.257. The molecule has 20 heavy (non-hydrogen) atoms. The molecule has 1 aliphatic rings. The summed E-state index contributed by atoms with van der Waals surface area (Å²) in [6, 6.07) is 11.1. The van der Waals surface area contributed by atoms with Crippen LogP contribution < -0.4 is 19.5 Å². The molecule has 5 nitrogen and oxygen atoms in total. The number of nitrogens with one attached hydrogen (secondary N) is 1. The van der Waals surface area contributed by atoms with Crippen molar-refractivity contribution >= 4 is 5.82 Å². The number of aromatic nitrogens is 1. The molecule has 2 aromatic rings. The van der Waals surface area contributed by atoms with Gasteiger partial charge >= 0.3 is 0 Å². The second kappa shape index (κ2) is 5.69. The summed E-state index contributed by atoms with van der Waals surface area (Å²) in [5, 5.41) is 3.23. The highest BCUT2D eigenvalue weighted by atomic mass is 16.7. The summed E-state index contributed by atoms with van der Waals surface area (Å²) in [5.74, 6) is 3.47. The molecular formula is C15H16N2O3. The van der Waals surface area contributed by atoms with E-state index in [2.05, 4.69) is 17.2 Å². The second-order valence-electron chi connectivity index (χ2n) is 4.40. The van der Waals surface area contributed by atoms with Crippen LogP contribution in [0.1, 0.15) is 13.3 Å². The van der Waals surface area contributed by atoms with E-state index < -0.39 is 0 Å². The number of nitrogens with zero attached hydrogens (tertiary/aromatic N) is 1. The van der Waals surface area contributed by atoms with Crippen LogP contribution in [0.2, 0.25) is 0 Å². The molecule has 1 N–H and O–H groups in total. The highest BCUT2D eigenvalue weighted by Crippen LogP contribution is 2.36. The normalized spacial score (nSPS) is 12.2. The summed E-state index contributed by atoms with van der Waals surface area (Å²) in [6.45, 7) is 3.26. The van der Waals surface area contributed by atoms with Gasteiger partial charge in [0.2, 0.25) is 12.7 Å². The van der Waals surface area contributed by atoms with Crippen LogP contribution in [-0.4, -0.2) is 18.3 Å². The van der Waals surface area contributed by atoms with Crippen molar-refractivity contribution in [3.63, 3.8) is 0 Å². The fraction of sp³-hybridized carbons (Fsp3) is 0.267. The molecule has 0 saturated heterocycles. The van der Waals surface area contributed by atoms with Gasteiger partial charge in [-0.1, -0.05) is 13.0 Å². The fourth-order valence-electron chi connectivity index (χ4n) is 1.88. The molecule has 0 aliphatic carbocycles. The van der Waals surface area contributed by atoms with E-state index in [9.17, 15) is 0 Å². The van der Waals surface area contributed by atoms with Crippen LogP contribution in [0, 0.1) is 0 Å². The number of ether oxygens (including phenoxy) is 3.